The fraction of sp³-hybridized carbons (Fsp3) is 0.400. The molecule has 1 aliphatic carbocycles. The predicted molar refractivity (Wildman–Crippen MR) is 74.4 cm³/mol. The van der Waals surface area contributed by atoms with Gasteiger partial charge in [0, 0.05) is 17.7 Å². The minimum absolute atomic E-state index is 0.0640. The molecule has 1 aromatic heterocycles. The summed E-state index contributed by atoms with van der Waals surface area (Å²) in [6.07, 6.45) is -4.58. The summed E-state index contributed by atoms with van der Waals surface area (Å²) in [6, 6.07) is 0.881. The maximum Gasteiger partial charge on any atom is 0.416 e. The van der Waals surface area contributed by atoms with Crippen molar-refractivity contribution in [2.24, 2.45) is 0 Å². The number of anilines is 1. The molecule has 0 radical (unpaired) electrons. The lowest BCUT2D eigenvalue weighted by Gasteiger charge is -2.24. The molecule has 4 nitrogen and oxygen atoms in total. The minimum atomic E-state index is -4.50. The van der Waals surface area contributed by atoms with Crippen LogP contribution in [0.5, 0.6) is 0 Å². The first-order valence-electron chi connectivity index (χ1n) is 6.67. The molecule has 0 fully saturated rings. The molecule has 118 valence electrons. The highest BCUT2D eigenvalue weighted by Gasteiger charge is 2.33. The van der Waals surface area contributed by atoms with E-state index in [9.17, 15) is 22.8 Å². The number of ketones is 2. The second-order valence-corrected chi connectivity index (χ2v) is 5.32. The summed E-state index contributed by atoms with van der Waals surface area (Å²) in [6.45, 7) is 4.54. The molecule has 0 saturated carbocycles. The van der Waals surface area contributed by atoms with E-state index in [-0.39, 0.29) is 29.5 Å². The molecule has 0 saturated heterocycles. The lowest BCUT2D eigenvalue weighted by Crippen LogP contribution is -2.37. The van der Waals surface area contributed by atoms with Crippen molar-refractivity contribution in [1.82, 2.24) is 4.98 Å². The molecule has 0 spiro atoms. The van der Waals surface area contributed by atoms with Gasteiger partial charge in [-0.2, -0.15) is 13.2 Å². The number of nitrogens with zero attached hydrogens (tertiary/aromatic N) is 1. The highest BCUT2D eigenvalue weighted by atomic mass is 19.4. The third kappa shape index (κ3) is 3.18. The van der Waals surface area contributed by atoms with Gasteiger partial charge in [0.2, 0.25) is 0 Å². The number of allylic oxidation sites excluding steroid dienone is 1. The largest absolute Gasteiger partial charge is 0.416 e. The monoisotopic (exact) mass is 312 g/mol. The van der Waals surface area contributed by atoms with Crippen LogP contribution in [-0.2, 0) is 15.8 Å². The number of Topliss-reactive ketones (excluding diaryl/α,β-unsaturated/α-hetero) is 2. The van der Waals surface area contributed by atoms with Crippen molar-refractivity contribution in [3.8, 4) is 0 Å². The number of carbonyl (C=O) groups excluding carboxylic acids is 2. The molecule has 1 N–H and O–H groups in total. The lowest BCUT2D eigenvalue weighted by atomic mass is 9.88. The summed E-state index contributed by atoms with van der Waals surface area (Å²) in [4.78, 5) is 27.9. The summed E-state index contributed by atoms with van der Waals surface area (Å²) >= 11 is 0. The molecular weight excluding hydrogens is 297 g/mol. The number of aryl methyl sites for hydroxylation is 1. The van der Waals surface area contributed by atoms with Crippen LogP contribution in [0.2, 0.25) is 0 Å². The molecule has 1 aromatic rings. The summed E-state index contributed by atoms with van der Waals surface area (Å²) in [5.74, 6) is -0.557. The quantitative estimate of drug-likeness (QED) is 0.912. The Kier molecular flexibility index (Phi) is 4.08. The number of hydrogen-bond acceptors (Lipinski definition) is 4. The molecular formula is C15H15F3N2O2. The lowest BCUT2D eigenvalue weighted by molar-refractivity contribution is -0.137. The highest BCUT2D eigenvalue weighted by Crippen LogP contribution is 2.31. The second kappa shape index (κ2) is 5.55. The van der Waals surface area contributed by atoms with Gasteiger partial charge in [-0.05, 0) is 38.5 Å². The Hall–Kier alpha value is -2.18. The Morgan fingerprint density at radius 3 is 2.36 bits per heavy atom. The molecule has 7 heteroatoms. The van der Waals surface area contributed by atoms with Gasteiger partial charge >= 0.3 is 6.18 Å². The number of hydrogen-bond donors (Lipinski definition) is 1. The third-order valence-corrected chi connectivity index (χ3v) is 3.66. The minimum Gasteiger partial charge on any atom is -0.359 e. The molecule has 0 aromatic carbocycles. The van der Waals surface area contributed by atoms with Gasteiger partial charge in [0.15, 0.2) is 11.6 Å². The molecule has 1 unspecified atom stereocenters. The van der Waals surface area contributed by atoms with Gasteiger partial charge in [0.05, 0.1) is 11.6 Å². The average molecular weight is 312 g/mol. The molecule has 1 aliphatic rings. The zero-order chi connectivity index (χ0) is 16.7. The van der Waals surface area contributed by atoms with Crippen molar-refractivity contribution in [3.63, 3.8) is 0 Å². The highest BCUT2D eigenvalue weighted by molar-refractivity contribution is 6.14. The van der Waals surface area contributed by atoms with Crippen LogP contribution in [0.15, 0.2) is 23.3 Å². The first-order chi connectivity index (χ1) is 10.1. The van der Waals surface area contributed by atoms with E-state index >= 15 is 0 Å². The van der Waals surface area contributed by atoms with Crippen LogP contribution < -0.4 is 5.32 Å². The van der Waals surface area contributed by atoms with Gasteiger partial charge in [0.1, 0.15) is 5.82 Å². The fourth-order valence-corrected chi connectivity index (χ4v) is 2.29. The molecule has 0 aliphatic heterocycles. The van der Waals surface area contributed by atoms with E-state index in [0.717, 1.165) is 12.1 Å². The Balaban J connectivity index is 2.31. The third-order valence-electron chi connectivity index (χ3n) is 3.66. The Labute approximate surface area is 125 Å². The summed E-state index contributed by atoms with van der Waals surface area (Å²) < 4.78 is 38.4. The van der Waals surface area contributed by atoms with Crippen LogP contribution in [0.4, 0.5) is 19.0 Å². The standard InChI is InChI=1S/C15H15F3N2O2/c1-7-4-10(15(16,17)18)5-13(19-7)20-11-6-12(21)8(2)9(3)14(11)22/h4-5,11H,6H2,1-3H3,(H,19,20). The van der Waals surface area contributed by atoms with Gasteiger partial charge < -0.3 is 5.32 Å². The Bertz CT molecular complexity index is 678. The second-order valence-electron chi connectivity index (χ2n) is 5.32. The zero-order valence-corrected chi connectivity index (χ0v) is 12.3. The first-order valence-corrected chi connectivity index (χ1v) is 6.67. The first kappa shape index (κ1) is 16.2. The van der Waals surface area contributed by atoms with E-state index in [1.165, 1.54) is 13.8 Å². The number of aromatic nitrogens is 1. The van der Waals surface area contributed by atoms with Crippen LogP contribution in [0.3, 0.4) is 0 Å². The maximum absolute atomic E-state index is 12.8. The number of pyridine rings is 1. The van der Waals surface area contributed by atoms with Crippen LogP contribution in [-0.4, -0.2) is 22.6 Å². The normalized spacial score (nSPS) is 19.6. The summed E-state index contributed by atoms with van der Waals surface area (Å²) in [7, 11) is 0. The molecule has 1 heterocycles. The van der Waals surface area contributed by atoms with E-state index in [1.807, 2.05) is 0 Å². The molecule has 22 heavy (non-hydrogen) atoms. The number of halogens is 3. The molecule has 2 rings (SSSR count). The van der Waals surface area contributed by atoms with Crippen LogP contribution in [0, 0.1) is 6.92 Å². The number of rotatable bonds is 2. The van der Waals surface area contributed by atoms with Crippen molar-refractivity contribution in [2.45, 2.75) is 39.4 Å². The number of carbonyl (C=O) groups is 2. The van der Waals surface area contributed by atoms with Crippen molar-refractivity contribution in [2.75, 3.05) is 5.32 Å². The summed E-state index contributed by atoms with van der Waals surface area (Å²) in [5, 5.41) is 2.65. The topological polar surface area (TPSA) is 59.1 Å². The van der Waals surface area contributed by atoms with Crippen molar-refractivity contribution < 1.29 is 22.8 Å². The van der Waals surface area contributed by atoms with E-state index in [1.54, 1.807) is 6.92 Å². The average Bonchev–Trinajstić information content (AvgIpc) is 2.41. The maximum atomic E-state index is 12.8. The molecule has 0 amide bonds. The SMILES string of the molecule is CC1=C(C)C(=O)C(Nc2cc(C(F)(F)F)cc(C)n2)CC1=O. The molecule has 0 bridgehead atoms. The Morgan fingerprint density at radius 1 is 1.14 bits per heavy atom. The number of nitrogens with one attached hydrogen (secondary N) is 1. The van der Waals surface area contributed by atoms with Crippen molar-refractivity contribution in [3.05, 3.63) is 34.5 Å². The van der Waals surface area contributed by atoms with Gasteiger partial charge in [-0.25, -0.2) is 4.98 Å². The van der Waals surface area contributed by atoms with Crippen molar-refractivity contribution in [1.29, 1.82) is 0 Å². The van der Waals surface area contributed by atoms with Crippen LogP contribution in [0.25, 0.3) is 0 Å². The van der Waals surface area contributed by atoms with E-state index < -0.39 is 17.8 Å². The van der Waals surface area contributed by atoms with Crippen LogP contribution in [0.1, 0.15) is 31.5 Å². The predicted octanol–water partition coefficient (Wildman–Crippen LogP) is 3.07. The summed E-state index contributed by atoms with van der Waals surface area (Å²) in [5.41, 5.74) is 0.0598. The van der Waals surface area contributed by atoms with E-state index in [2.05, 4.69) is 10.3 Å². The van der Waals surface area contributed by atoms with Crippen molar-refractivity contribution >= 4 is 17.4 Å². The number of alkyl halides is 3. The van der Waals surface area contributed by atoms with E-state index in [0.29, 0.717) is 11.1 Å². The van der Waals surface area contributed by atoms with Gasteiger partial charge in [-0.15, -0.1) is 0 Å². The van der Waals surface area contributed by atoms with Crippen LogP contribution >= 0.6 is 0 Å². The fourth-order valence-electron chi connectivity index (χ4n) is 2.29. The van der Waals surface area contributed by atoms with E-state index in [4.69, 9.17) is 0 Å². The van der Waals surface area contributed by atoms with Gasteiger partial charge in [-0.3, -0.25) is 9.59 Å². The van der Waals surface area contributed by atoms with Gasteiger partial charge in [-0.1, -0.05) is 0 Å². The zero-order valence-electron chi connectivity index (χ0n) is 12.3. The Morgan fingerprint density at radius 2 is 1.77 bits per heavy atom. The smallest absolute Gasteiger partial charge is 0.359 e. The molecule has 1 atom stereocenters. The van der Waals surface area contributed by atoms with Gasteiger partial charge in [0.25, 0.3) is 0 Å².